The lowest BCUT2D eigenvalue weighted by molar-refractivity contribution is -0.132. The molecule has 1 aromatic rings. The lowest BCUT2D eigenvalue weighted by Gasteiger charge is -2.30. The number of amides is 1. The summed E-state index contributed by atoms with van der Waals surface area (Å²) in [4.78, 5) is 15.9. The Kier molecular flexibility index (Phi) is 5.06. The molecule has 1 heterocycles. The van der Waals surface area contributed by atoms with Gasteiger partial charge in [0.2, 0.25) is 5.91 Å². The van der Waals surface area contributed by atoms with Crippen molar-refractivity contribution in [2.24, 2.45) is 11.1 Å². The van der Waals surface area contributed by atoms with Crippen LogP contribution in [0.25, 0.3) is 0 Å². The number of nitrogens with two attached hydrogens (primary N) is 1. The van der Waals surface area contributed by atoms with Crippen LogP contribution in [0.1, 0.15) is 27.2 Å². The Morgan fingerprint density at radius 1 is 1.43 bits per heavy atom. The van der Waals surface area contributed by atoms with Crippen molar-refractivity contribution in [1.82, 2.24) is 4.90 Å². The van der Waals surface area contributed by atoms with Crippen LogP contribution in [-0.2, 0) is 4.79 Å². The van der Waals surface area contributed by atoms with E-state index in [1.807, 2.05) is 43.0 Å². The molecule has 0 aliphatic carbocycles. The van der Waals surface area contributed by atoms with Crippen LogP contribution >= 0.6 is 27.7 Å². The molecule has 3 nitrogen and oxygen atoms in total. The topological polar surface area (TPSA) is 46.3 Å². The zero-order chi connectivity index (χ0) is 15.7. The summed E-state index contributed by atoms with van der Waals surface area (Å²) in [5, 5.41) is 0. The lowest BCUT2D eigenvalue weighted by Crippen LogP contribution is -2.43. The first-order valence-corrected chi connectivity index (χ1v) is 8.81. The molecule has 0 bridgehead atoms. The van der Waals surface area contributed by atoms with Crippen molar-refractivity contribution in [2.75, 3.05) is 19.6 Å². The predicted octanol–water partition coefficient (Wildman–Crippen LogP) is 3.52. The van der Waals surface area contributed by atoms with Crippen molar-refractivity contribution in [3.8, 4) is 0 Å². The van der Waals surface area contributed by atoms with Gasteiger partial charge in [-0.2, -0.15) is 0 Å². The van der Waals surface area contributed by atoms with Crippen molar-refractivity contribution in [2.45, 2.75) is 36.8 Å². The number of hydrogen-bond donors (Lipinski definition) is 1. The number of benzene rings is 1. The van der Waals surface area contributed by atoms with E-state index < -0.39 is 4.75 Å². The Balaban J connectivity index is 2.05. The maximum atomic E-state index is 12.8. The van der Waals surface area contributed by atoms with Gasteiger partial charge in [-0.15, -0.1) is 11.8 Å². The molecular weight excluding hydrogens is 348 g/mol. The standard InChI is InChI=1S/C16H23BrN2OS/c1-15(2,21-13-6-4-12(17)5-7-13)14(20)19-9-8-16(3,10-18)11-19/h4-7H,8-11,18H2,1-3H3. The third-order valence-corrected chi connectivity index (χ3v) is 5.76. The third kappa shape index (κ3) is 4.02. The normalized spacial score (nSPS) is 22.6. The highest BCUT2D eigenvalue weighted by Gasteiger charge is 2.40. The smallest absolute Gasteiger partial charge is 0.238 e. The number of carbonyl (C=O) groups is 1. The molecule has 21 heavy (non-hydrogen) atoms. The minimum Gasteiger partial charge on any atom is -0.341 e. The summed E-state index contributed by atoms with van der Waals surface area (Å²) in [5.74, 6) is 0.201. The van der Waals surface area contributed by atoms with Gasteiger partial charge in [-0.3, -0.25) is 4.79 Å². The average molecular weight is 371 g/mol. The summed E-state index contributed by atoms with van der Waals surface area (Å²) < 4.78 is 0.586. The average Bonchev–Trinajstić information content (AvgIpc) is 2.83. The zero-order valence-corrected chi connectivity index (χ0v) is 15.3. The van der Waals surface area contributed by atoms with Crippen molar-refractivity contribution in [3.63, 3.8) is 0 Å². The number of halogens is 1. The molecule has 1 aliphatic rings. The molecular formula is C16H23BrN2OS. The minimum atomic E-state index is -0.465. The van der Waals surface area contributed by atoms with Crippen LogP contribution in [0.4, 0.5) is 0 Å². The van der Waals surface area contributed by atoms with Gasteiger partial charge in [0.15, 0.2) is 0 Å². The second kappa shape index (κ2) is 6.31. The molecule has 0 aromatic heterocycles. The van der Waals surface area contributed by atoms with Crippen molar-refractivity contribution >= 4 is 33.6 Å². The number of likely N-dealkylation sites (tertiary alicyclic amines) is 1. The number of thioether (sulfide) groups is 1. The summed E-state index contributed by atoms with van der Waals surface area (Å²) in [6, 6.07) is 8.09. The van der Waals surface area contributed by atoms with Crippen molar-refractivity contribution in [3.05, 3.63) is 28.7 Å². The monoisotopic (exact) mass is 370 g/mol. The van der Waals surface area contributed by atoms with Crippen LogP contribution in [-0.4, -0.2) is 35.2 Å². The van der Waals surface area contributed by atoms with E-state index in [9.17, 15) is 4.79 Å². The largest absolute Gasteiger partial charge is 0.341 e. The van der Waals surface area contributed by atoms with Gasteiger partial charge in [-0.05, 0) is 56.5 Å². The van der Waals surface area contributed by atoms with Crippen LogP contribution in [0.3, 0.4) is 0 Å². The molecule has 1 saturated heterocycles. The second-order valence-electron chi connectivity index (χ2n) is 6.56. The van der Waals surface area contributed by atoms with E-state index in [4.69, 9.17) is 5.73 Å². The van der Waals surface area contributed by atoms with E-state index in [0.29, 0.717) is 6.54 Å². The second-order valence-corrected chi connectivity index (χ2v) is 9.17. The van der Waals surface area contributed by atoms with E-state index in [-0.39, 0.29) is 11.3 Å². The van der Waals surface area contributed by atoms with Crippen LogP contribution in [0.15, 0.2) is 33.6 Å². The van der Waals surface area contributed by atoms with Gasteiger partial charge < -0.3 is 10.6 Å². The predicted molar refractivity (Wildman–Crippen MR) is 92.4 cm³/mol. The molecule has 116 valence electrons. The van der Waals surface area contributed by atoms with E-state index in [0.717, 1.165) is 28.9 Å². The lowest BCUT2D eigenvalue weighted by atomic mass is 9.90. The quantitative estimate of drug-likeness (QED) is 0.824. The molecule has 1 aromatic carbocycles. The third-order valence-electron chi connectivity index (χ3n) is 4.04. The SMILES string of the molecule is CC1(CN)CCN(C(=O)C(C)(C)Sc2ccc(Br)cc2)C1. The van der Waals surface area contributed by atoms with Gasteiger partial charge in [-0.25, -0.2) is 0 Å². The van der Waals surface area contributed by atoms with E-state index >= 15 is 0 Å². The number of carbonyl (C=O) groups excluding carboxylic acids is 1. The fraction of sp³-hybridized carbons (Fsp3) is 0.562. The van der Waals surface area contributed by atoms with Crippen LogP contribution in [0, 0.1) is 5.41 Å². The summed E-state index contributed by atoms with van der Waals surface area (Å²) in [6.07, 6.45) is 0.994. The summed E-state index contributed by atoms with van der Waals surface area (Å²) in [7, 11) is 0. The van der Waals surface area contributed by atoms with Gasteiger partial charge in [0.05, 0.1) is 4.75 Å². The Hall–Kier alpha value is -0.520. The molecule has 2 rings (SSSR count). The molecule has 1 aliphatic heterocycles. The molecule has 1 fully saturated rings. The van der Waals surface area contributed by atoms with Gasteiger partial charge in [0, 0.05) is 22.5 Å². The van der Waals surface area contributed by atoms with Crippen molar-refractivity contribution in [1.29, 1.82) is 0 Å². The van der Waals surface area contributed by atoms with E-state index in [2.05, 4.69) is 22.9 Å². The van der Waals surface area contributed by atoms with Gasteiger partial charge in [-0.1, -0.05) is 22.9 Å². The molecule has 5 heteroatoms. The Labute approximate surface area is 139 Å². The Morgan fingerprint density at radius 3 is 2.57 bits per heavy atom. The van der Waals surface area contributed by atoms with Crippen LogP contribution in [0.2, 0.25) is 0 Å². The number of hydrogen-bond acceptors (Lipinski definition) is 3. The van der Waals surface area contributed by atoms with Crippen LogP contribution < -0.4 is 5.73 Å². The Morgan fingerprint density at radius 2 is 2.05 bits per heavy atom. The van der Waals surface area contributed by atoms with Gasteiger partial charge in [0.25, 0.3) is 0 Å². The maximum absolute atomic E-state index is 12.8. The molecule has 2 N–H and O–H groups in total. The minimum absolute atomic E-state index is 0.0774. The zero-order valence-electron chi connectivity index (χ0n) is 12.9. The van der Waals surface area contributed by atoms with Crippen molar-refractivity contribution < 1.29 is 4.79 Å². The molecule has 1 unspecified atom stereocenters. The molecule has 0 spiro atoms. The van der Waals surface area contributed by atoms with Crippen LogP contribution in [0.5, 0.6) is 0 Å². The first kappa shape index (κ1) is 16.8. The number of nitrogens with zero attached hydrogens (tertiary/aromatic N) is 1. The molecule has 0 radical (unpaired) electrons. The first-order valence-electron chi connectivity index (χ1n) is 7.20. The molecule has 1 atom stereocenters. The molecule has 1 amide bonds. The highest BCUT2D eigenvalue weighted by molar-refractivity contribution is 9.10. The van der Waals surface area contributed by atoms with E-state index in [1.54, 1.807) is 11.8 Å². The van der Waals surface area contributed by atoms with Gasteiger partial charge >= 0.3 is 0 Å². The summed E-state index contributed by atoms with van der Waals surface area (Å²) in [5.41, 5.74) is 5.91. The summed E-state index contributed by atoms with van der Waals surface area (Å²) >= 11 is 5.05. The molecule has 0 saturated carbocycles. The first-order chi connectivity index (χ1) is 9.76. The maximum Gasteiger partial charge on any atom is 0.238 e. The fourth-order valence-corrected chi connectivity index (χ4v) is 3.93. The van der Waals surface area contributed by atoms with E-state index in [1.165, 1.54) is 0 Å². The highest BCUT2D eigenvalue weighted by atomic mass is 79.9. The van der Waals surface area contributed by atoms with Gasteiger partial charge in [0.1, 0.15) is 0 Å². The number of rotatable bonds is 4. The Bertz CT molecular complexity index is 518. The summed E-state index contributed by atoms with van der Waals surface area (Å²) in [6.45, 7) is 8.38. The fourth-order valence-electron chi connectivity index (χ4n) is 2.59. The highest BCUT2D eigenvalue weighted by Crippen LogP contribution is 2.37.